The smallest absolute Gasteiger partial charge is 0.410 e. The SMILES string of the molecule is COc1cc(NCOCCCCCN(C)C(=O)OC(C)(C)C)c(Cl)cc1C=O. The summed E-state index contributed by atoms with van der Waals surface area (Å²) in [5.74, 6) is 0.455. The average Bonchev–Trinajstić information content (AvgIpc) is 2.62. The molecule has 1 rings (SSSR count). The number of rotatable bonds is 11. The second-order valence-corrected chi connectivity index (χ2v) is 7.79. The van der Waals surface area contributed by atoms with E-state index in [0.29, 0.717) is 48.2 Å². The van der Waals surface area contributed by atoms with Crippen molar-refractivity contribution >= 4 is 29.7 Å². The van der Waals surface area contributed by atoms with E-state index >= 15 is 0 Å². The normalized spacial score (nSPS) is 11.1. The zero-order valence-electron chi connectivity index (χ0n) is 17.3. The molecule has 0 aromatic heterocycles. The van der Waals surface area contributed by atoms with E-state index < -0.39 is 5.60 Å². The van der Waals surface area contributed by atoms with Crippen LogP contribution in [0, 0.1) is 0 Å². The Hall–Kier alpha value is -1.99. The minimum Gasteiger partial charge on any atom is -0.496 e. The number of methoxy groups -OCH3 is 1. The first-order valence-corrected chi connectivity index (χ1v) is 9.64. The summed E-state index contributed by atoms with van der Waals surface area (Å²) in [6.07, 6.45) is 3.09. The molecule has 1 amide bonds. The van der Waals surface area contributed by atoms with E-state index in [2.05, 4.69) is 5.32 Å². The van der Waals surface area contributed by atoms with Crippen molar-refractivity contribution < 1.29 is 23.8 Å². The number of hydrogen-bond acceptors (Lipinski definition) is 6. The number of carbonyl (C=O) groups is 2. The predicted molar refractivity (Wildman–Crippen MR) is 111 cm³/mol. The summed E-state index contributed by atoms with van der Waals surface area (Å²) >= 11 is 6.14. The van der Waals surface area contributed by atoms with Crippen molar-refractivity contribution in [3.8, 4) is 5.75 Å². The fraction of sp³-hybridized carbons (Fsp3) is 0.600. The Labute approximate surface area is 172 Å². The van der Waals surface area contributed by atoms with Crippen molar-refractivity contribution in [1.82, 2.24) is 4.90 Å². The van der Waals surface area contributed by atoms with Gasteiger partial charge in [0.25, 0.3) is 0 Å². The van der Waals surface area contributed by atoms with Crippen LogP contribution in [0.15, 0.2) is 12.1 Å². The van der Waals surface area contributed by atoms with Crippen LogP contribution in [0.5, 0.6) is 5.75 Å². The molecule has 0 saturated carbocycles. The van der Waals surface area contributed by atoms with Crippen LogP contribution in [0.25, 0.3) is 0 Å². The molecule has 1 aromatic carbocycles. The summed E-state index contributed by atoms with van der Waals surface area (Å²) in [5.41, 5.74) is 0.561. The van der Waals surface area contributed by atoms with Crippen LogP contribution >= 0.6 is 11.6 Å². The number of halogens is 1. The molecule has 158 valence electrons. The molecule has 0 aliphatic heterocycles. The highest BCUT2D eigenvalue weighted by atomic mass is 35.5. The molecule has 0 fully saturated rings. The van der Waals surface area contributed by atoms with Gasteiger partial charge >= 0.3 is 6.09 Å². The number of unbranched alkanes of at least 4 members (excludes halogenated alkanes) is 2. The summed E-state index contributed by atoms with van der Waals surface area (Å²) in [7, 11) is 3.24. The lowest BCUT2D eigenvalue weighted by atomic mass is 10.2. The zero-order chi connectivity index (χ0) is 21.2. The lowest BCUT2D eigenvalue weighted by Gasteiger charge is -2.24. The van der Waals surface area contributed by atoms with Gasteiger partial charge in [0.2, 0.25) is 0 Å². The minimum absolute atomic E-state index is 0.293. The zero-order valence-corrected chi connectivity index (χ0v) is 18.1. The molecule has 0 saturated heterocycles. The number of amides is 1. The second kappa shape index (κ2) is 11.8. The Kier molecular flexibility index (Phi) is 10.1. The van der Waals surface area contributed by atoms with Crippen LogP contribution in [-0.2, 0) is 9.47 Å². The van der Waals surface area contributed by atoms with Crippen LogP contribution in [0.2, 0.25) is 5.02 Å². The maximum Gasteiger partial charge on any atom is 0.410 e. The molecule has 1 N–H and O–H groups in total. The molecule has 1 aromatic rings. The van der Waals surface area contributed by atoms with E-state index in [0.717, 1.165) is 19.3 Å². The van der Waals surface area contributed by atoms with Gasteiger partial charge in [0.1, 0.15) is 18.1 Å². The number of anilines is 1. The fourth-order valence-corrected chi connectivity index (χ4v) is 2.57. The molecular formula is C20H31ClN2O5. The van der Waals surface area contributed by atoms with Gasteiger partial charge in [-0.1, -0.05) is 11.6 Å². The molecule has 28 heavy (non-hydrogen) atoms. The van der Waals surface area contributed by atoms with Crippen molar-refractivity contribution in [3.05, 3.63) is 22.7 Å². The molecule has 0 aliphatic rings. The molecule has 8 heteroatoms. The molecular weight excluding hydrogens is 384 g/mol. The van der Waals surface area contributed by atoms with Gasteiger partial charge in [-0.2, -0.15) is 0 Å². The summed E-state index contributed by atoms with van der Waals surface area (Å²) in [4.78, 5) is 24.4. The van der Waals surface area contributed by atoms with E-state index in [1.54, 1.807) is 24.1 Å². The van der Waals surface area contributed by atoms with E-state index in [9.17, 15) is 9.59 Å². The van der Waals surface area contributed by atoms with Crippen molar-refractivity contribution in [2.45, 2.75) is 45.6 Å². The van der Waals surface area contributed by atoms with Gasteiger partial charge in [0, 0.05) is 26.3 Å². The summed E-state index contributed by atoms with van der Waals surface area (Å²) in [6.45, 7) is 7.08. The molecule has 0 aliphatic carbocycles. The summed E-state index contributed by atoms with van der Waals surface area (Å²) in [6, 6.07) is 3.22. The third-order valence-corrected chi connectivity index (χ3v) is 4.11. The van der Waals surface area contributed by atoms with Gasteiger partial charge < -0.3 is 24.4 Å². The number of nitrogens with zero attached hydrogens (tertiary/aromatic N) is 1. The van der Waals surface area contributed by atoms with E-state index in [4.69, 9.17) is 25.8 Å². The Morgan fingerprint density at radius 1 is 1.25 bits per heavy atom. The molecule has 0 spiro atoms. The molecule has 0 radical (unpaired) electrons. The number of ether oxygens (including phenoxy) is 3. The third-order valence-electron chi connectivity index (χ3n) is 3.80. The van der Waals surface area contributed by atoms with Crippen molar-refractivity contribution in [2.24, 2.45) is 0 Å². The Morgan fingerprint density at radius 3 is 2.57 bits per heavy atom. The van der Waals surface area contributed by atoms with E-state index in [1.165, 1.54) is 7.11 Å². The lowest BCUT2D eigenvalue weighted by molar-refractivity contribution is 0.0295. The topological polar surface area (TPSA) is 77.1 Å². The highest BCUT2D eigenvalue weighted by Gasteiger charge is 2.19. The van der Waals surface area contributed by atoms with Crippen molar-refractivity contribution in [3.63, 3.8) is 0 Å². The van der Waals surface area contributed by atoms with Crippen LogP contribution in [0.3, 0.4) is 0 Å². The monoisotopic (exact) mass is 414 g/mol. The Bertz CT molecular complexity index is 646. The predicted octanol–water partition coefficient (Wildman–Crippen LogP) is 4.58. The van der Waals surface area contributed by atoms with Crippen LogP contribution in [-0.4, -0.2) is 56.9 Å². The van der Waals surface area contributed by atoms with Gasteiger partial charge in [-0.25, -0.2) is 4.79 Å². The molecule has 0 atom stereocenters. The average molecular weight is 415 g/mol. The largest absolute Gasteiger partial charge is 0.496 e. The van der Waals surface area contributed by atoms with Crippen LogP contribution in [0.4, 0.5) is 10.5 Å². The standard InChI is InChI=1S/C20H31ClN2O5/c1-20(2,3)28-19(25)23(4)9-7-6-8-10-27-14-22-17-12-18(26-5)15(13-24)11-16(17)21/h11-13,22H,6-10,14H2,1-5H3. The fourth-order valence-electron chi connectivity index (χ4n) is 2.34. The van der Waals surface area contributed by atoms with Gasteiger partial charge in [-0.15, -0.1) is 0 Å². The second-order valence-electron chi connectivity index (χ2n) is 7.38. The number of aldehydes is 1. The van der Waals surface area contributed by atoms with Crippen molar-refractivity contribution in [2.75, 3.05) is 39.4 Å². The van der Waals surface area contributed by atoms with Crippen LogP contribution < -0.4 is 10.1 Å². The van der Waals surface area contributed by atoms with Crippen molar-refractivity contribution in [1.29, 1.82) is 0 Å². The molecule has 7 nitrogen and oxygen atoms in total. The first-order valence-electron chi connectivity index (χ1n) is 9.26. The maximum atomic E-state index is 11.8. The number of hydrogen-bond donors (Lipinski definition) is 1. The number of nitrogens with one attached hydrogen (secondary N) is 1. The molecule has 0 bridgehead atoms. The first kappa shape index (κ1) is 24.0. The molecule has 0 heterocycles. The van der Waals surface area contributed by atoms with Gasteiger partial charge in [0.15, 0.2) is 6.29 Å². The third kappa shape index (κ3) is 8.80. The maximum absolute atomic E-state index is 11.8. The van der Waals surface area contributed by atoms with Crippen LogP contribution in [0.1, 0.15) is 50.4 Å². The summed E-state index contributed by atoms with van der Waals surface area (Å²) in [5, 5.41) is 3.49. The Balaban J connectivity index is 2.20. The minimum atomic E-state index is -0.480. The highest BCUT2D eigenvalue weighted by Crippen LogP contribution is 2.29. The van der Waals surface area contributed by atoms with Gasteiger partial charge in [0.05, 0.1) is 23.4 Å². The number of benzene rings is 1. The summed E-state index contributed by atoms with van der Waals surface area (Å²) < 4.78 is 16.0. The lowest BCUT2D eigenvalue weighted by Crippen LogP contribution is -2.34. The van der Waals surface area contributed by atoms with Gasteiger partial charge in [-0.3, -0.25) is 4.79 Å². The molecule has 0 unspecified atom stereocenters. The highest BCUT2D eigenvalue weighted by molar-refractivity contribution is 6.33. The van der Waals surface area contributed by atoms with E-state index in [1.807, 2.05) is 20.8 Å². The quantitative estimate of drug-likeness (QED) is 0.324. The Morgan fingerprint density at radius 2 is 1.96 bits per heavy atom. The number of carbonyl (C=O) groups excluding carboxylic acids is 2. The van der Waals surface area contributed by atoms with E-state index in [-0.39, 0.29) is 6.09 Å². The van der Waals surface area contributed by atoms with Gasteiger partial charge in [-0.05, 0) is 46.1 Å². The first-order chi connectivity index (χ1) is 13.2.